The summed E-state index contributed by atoms with van der Waals surface area (Å²) in [5.74, 6) is 0.0122. The van der Waals surface area contributed by atoms with Crippen LogP contribution in [0.15, 0.2) is 58.6 Å². The van der Waals surface area contributed by atoms with Crippen LogP contribution < -0.4 is 10.7 Å². The van der Waals surface area contributed by atoms with Gasteiger partial charge in [-0.25, -0.2) is 15.2 Å². The normalized spacial score (nSPS) is 21.0. The highest BCUT2D eigenvalue weighted by Gasteiger charge is 2.48. The highest BCUT2D eigenvalue weighted by molar-refractivity contribution is 6.30. The summed E-state index contributed by atoms with van der Waals surface area (Å²) in [6, 6.07) is 14.2. The van der Waals surface area contributed by atoms with Gasteiger partial charge in [0.15, 0.2) is 12.2 Å². The van der Waals surface area contributed by atoms with Crippen molar-refractivity contribution in [3.8, 4) is 0 Å². The first-order valence-corrected chi connectivity index (χ1v) is 9.82. The number of likely N-dealkylation sites (N-methyl/N-ethyl adjacent to an activating group) is 1. The number of hydrogen-bond acceptors (Lipinski definition) is 6. The Balaban J connectivity index is 1.59. The quantitative estimate of drug-likeness (QED) is 0.582. The molecule has 2 atom stereocenters. The molecule has 30 heavy (non-hydrogen) atoms. The molecule has 2 N–H and O–H groups in total. The summed E-state index contributed by atoms with van der Waals surface area (Å²) < 4.78 is 0. The van der Waals surface area contributed by atoms with Crippen molar-refractivity contribution in [2.24, 2.45) is 10.1 Å². The third-order valence-electron chi connectivity index (χ3n) is 5.06. The third kappa shape index (κ3) is 3.99. The van der Waals surface area contributed by atoms with Crippen LogP contribution in [0.4, 0.5) is 4.79 Å². The predicted octanol–water partition coefficient (Wildman–Crippen LogP) is 2.32. The summed E-state index contributed by atoms with van der Waals surface area (Å²) in [5.41, 5.74) is 5.94. The summed E-state index contributed by atoms with van der Waals surface area (Å²) in [4.78, 5) is 32.4. The van der Waals surface area contributed by atoms with Crippen molar-refractivity contribution in [1.29, 1.82) is 0 Å². The minimum absolute atomic E-state index is 0.378. The van der Waals surface area contributed by atoms with Crippen LogP contribution in [0.3, 0.4) is 0 Å². The Morgan fingerprint density at radius 3 is 2.73 bits per heavy atom. The molecule has 8 nitrogen and oxygen atoms in total. The average molecular weight is 425 g/mol. The van der Waals surface area contributed by atoms with Gasteiger partial charge in [0.05, 0.1) is 6.21 Å². The smallest absolute Gasteiger partial charge is 0.321 e. The molecule has 0 bridgehead atoms. The van der Waals surface area contributed by atoms with E-state index in [0.717, 1.165) is 16.7 Å². The number of urea groups is 1. The molecular formula is C21H21ClN6O2. The fourth-order valence-electron chi connectivity index (χ4n) is 3.44. The van der Waals surface area contributed by atoms with Crippen molar-refractivity contribution >= 4 is 35.7 Å². The van der Waals surface area contributed by atoms with Crippen LogP contribution in [-0.4, -0.2) is 53.2 Å². The Bertz CT molecular complexity index is 1040. The predicted molar refractivity (Wildman–Crippen MR) is 115 cm³/mol. The summed E-state index contributed by atoms with van der Waals surface area (Å²) in [7, 11) is 1.61. The number of guanidine groups is 1. The number of nitrogens with one attached hydrogen (secondary N) is 2. The number of carbonyl (C=O) groups is 2. The number of aliphatic imine (C=N–C) groups is 1. The fraction of sp³-hybridized carbons (Fsp3) is 0.238. The number of aryl methyl sites for hydroxylation is 1. The topological polar surface area (TPSA) is 89.4 Å². The summed E-state index contributed by atoms with van der Waals surface area (Å²) in [6.45, 7) is 2.40. The summed E-state index contributed by atoms with van der Waals surface area (Å²) in [5, 5.41) is 7.26. The van der Waals surface area contributed by atoms with Gasteiger partial charge in [0.1, 0.15) is 0 Å². The van der Waals surface area contributed by atoms with E-state index in [4.69, 9.17) is 11.6 Å². The van der Waals surface area contributed by atoms with Gasteiger partial charge in [0.2, 0.25) is 5.96 Å². The van der Waals surface area contributed by atoms with Gasteiger partial charge in [-0.05, 0) is 30.2 Å². The molecule has 4 rings (SSSR count). The second-order valence-corrected chi connectivity index (χ2v) is 7.69. The molecular weight excluding hydrogens is 404 g/mol. The standard InChI is InChI=1S/C21H21ClN6O2/c1-13-6-8-14(9-7-13)11-23-26-20-24-18-17(19(29)25-21(30)27(18)2)28(20)12-15-4-3-5-16(22)10-15/h3-11,17-18H,12H2,1-2H3,(H,24,26)(H,25,29,30)/b23-11+. The Morgan fingerprint density at radius 2 is 2.00 bits per heavy atom. The number of amides is 3. The van der Waals surface area contributed by atoms with Crippen molar-refractivity contribution < 1.29 is 9.59 Å². The van der Waals surface area contributed by atoms with Gasteiger partial charge in [0, 0.05) is 18.6 Å². The van der Waals surface area contributed by atoms with Crippen molar-refractivity contribution in [2.75, 3.05) is 7.05 Å². The molecule has 2 aromatic carbocycles. The number of nitrogens with zero attached hydrogens (tertiary/aromatic N) is 4. The lowest BCUT2D eigenvalue weighted by Crippen LogP contribution is -2.63. The fourth-order valence-corrected chi connectivity index (χ4v) is 3.65. The Hall–Kier alpha value is -3.39. The molecule has 3 amide bonds. The van der Waals surface area contributed by atoms with E-state index in [2.05, 4.69) is 20.8 Å². The SMILES string of the molecule is Cc1ccc(/C=N/NC2=NC3C(C(=O)NC(=O)N3C)N2Cc2cccc(Cl)c2)cc1. The van der Waals surface area contributed by atoms with E-state index in [1.54, 1.807) is 24.2 Å². The minimum Gasteiger partial charge on any atom is -0.321 e. The number of imide groups is 1. The first kappa shape index (κ1) is 19.9. The molecule has 154 valence electrons. The minimum atomic E-state index is -0.663. The molecule has 2 aromatic rings. The van der Waals surface area contributed by atoms with Gasteiger partial charge < -0.3 is 9.80 Å². The van der Waals surface area contributed by atoms with E-state index in [1.807, 2.05) is 49.4 Å². The molecule has 0 spiro atoms. The van der Waals surface area contributed by atoms with Gasteiger partial charge in [-0.15, -0.1) is 0 Å². The molecule has 2 aliphatic heterocycles. The molecule has 1 fully saturated rings. The maximum atomic E-state index is 12.6. The highest BCUT2D eigenvalue weighted by atomic mass is 35.5. The zero-order chi connectivity index (χ0) is 21.3. The van der Waals surface area contributed by atoms with Crippen molar-refractivity contribution in [3.63, 3.8) is 0 Å². The maximum absolute atomic E-state index is 12.6. The van der Waals surface area contributed by atoms with Gasteiger partial charge in [-0.1, -0.05) is 53.6 Å². The van der Waals surface area contributed by atoms with Crippen LogP contribution in [0.5, 0.6) is 0 Å². The Labute approximate surface area is 179 Å². The van der Waals surface area contributed by atoms with Crippen LogP contribution in [0.2, 0.25) is 5.02 Å². The maximum Gasteiger partial charge on any atom is 0.325 e. The van der Waals surface area contributed by atoms with E-state index in [0.29, 0.717) is 17.5 Å². The molecule has 9 heteroatoms. The molecule has 0 radical (unpaired) electrons. The number of hydrogen-bond donors (Lipinski definition) is 2. The van der Waals surface area contributed by atoms with E-state index in [1.165, 1.54) is 4.90 Å². The Kier molecular flexibility index (Phi) is 5.41. The second-order valence-electron chi connectivity index (χ2n) is 7.25. The lowest BCUT2D eigenvalue weighted by Gasteiger charge is -2.36. The molecule has 0 saturated carbocycles. The third-order valence-corrected chi connectivity index (χ3v) is 5.29. The summed E-state index contributed by atoms with van der Waals surface area (Å²) >= 11 is 6.12. The zero-order valence-electron chi connectivity index (χ0n) is 16.5. The van der Waals surface area contributed by atoms with Crippen LogP contribution in [0, 0.1) is 6.92 Å². The first-order valence-electron chi connectivity index (χ1n) is 9.44. The van der Waals surface area contributed by atoms with Crippen molar-refractivity contribution in [1.82, 2.24) is 20.5 Å². The number of carbonyl (C=O) groups excluding carboxylic acids is 2. The van der Waals surface area contributed by atoms with Crippen LogP contribution >= 0.6 is 11.6 Å². The molecule has 1 saturated heterocycles. The average Bonchev–Trinajstić information content (AvgIpc) is 3.07. The van der Waals surface area contributed by atoms with Gasteiger partial charge >= 0.3 is 6.03 Å². The van der Waals surface area contributed by atoms with E-state index in [9.17, 15) is 9.59 Å². The van der Waals surface area contributed by atoms with E-state index >= 15 is 0 Å². The van der Waals surface area contributed by atoms with Crippen LogP contribution in [0.25, 0.3) is 0 Å². The zero-order valence-corrected chi connectivity index (χ0v) is 17.3. The number of halogens is 1. The van der Waals surface area contributed by atoms with E-state index < -0.39 is 24.1 Å². The molecule has 2 aliphatic rings. The van der Waals surface area contributed by atoms with Crippen LogP contribution in [-0.2, 0) is 11.3 Å². The van der Waals surface area contributed by atoms with E-state index in [-0.39, 0.29) is 0 Å². The van der Waals surface area contributed by atoms with Gasteiger partial charge in [0.25, 0.3) is 5.91 Å². The Morgan fingerprint density at radius 1 is 1.23 bits per heavy atom. The first-order chi connectivity index (χ1) is 14.4. The second kappa shape index (κ2) is 8.16. The van der Waals surface area contributed by atoms with Crippen LogP contribution in [0.1, 0.15) is 16.7 Å². The lowest BCUT2D eigenvalue weighted by molar-refractivity contribution is -0.127. The molecule has 0 aliphatic carbocycles. The number of rotatable bonds is 4. The molecule has 2 heterocycles. The summed E-state index contributed by atoms with van der Waals surface area (Å²) in [6.07, 6.45) is 1.04. The number of benzene rings is 2. The van der Waals surface area contributed by atoms with Crippen molar-refractivity contribution in [2.45, 2.75) is 25.7 Å². The van der Waals surface area contributed by atoms with Crippen molar-refractivity contribution in [3.05, 3.63) is 70.2 Å². The van der Waals surface area contributed by atoms with Gasteiger partial charge in [-0.3, -0.25) is 10.1 Å². The number of fused-ring (bicyclic) bond motifs is 1. The monoisotopic (exact) mass is 424 g/mol. The lowest BCUT2D eigenvalue weighted by atomic mass is 10.1. The molecule has 0 aromatic heterocycles. The highest BCUT2D eigenvalue weighted by Crippen LogP contribution is 2.25. The molecule has 2 unspecified atom stereocenters. The largest absolute Gasteiger partial charge is 0.325 e. The number of hydrazone groups is 1. The van der Waals surface area contributed by atoms with Gasteiger partial charge in [-0.2, -0.15) is 5.10 Å².